The van der Waals surface area contributed by atoms with Crippen LogP contribution in [0.25, 0.3) is 0 Å². The number of nitrogens with zero attached hydrogens (tertiary/aromatic N) is 3. The van der Waals surface area contributed by atoms with Gasteiger partial charge in [-0.25, -0.2) is 0 Å². The molecule has 7 heteroatoms. The first-order valence-electron chi connectivity index (χ1n) is 8.49. The predicted molar refractivity (Wildman–Crippen MR) is 89.2 cm³/mol. The topological polar surface area (TPSA) is 84.6 Å². The molecule has 0 aliphatic heterocycles. The summed E-state index contributed by atoms with van der Waals surface area (Å²) in [4.78, 5) is 8.45. The zero-order valence-corrected chi connectivity index (χ0v) is 14.5. The normalized spacial score (nSPS) is 17.4. The highest BCUT2D eigenvalue weighted by Crippen LogP contribution is 2.40. The molecule has 0 atom stereocenters. The van der Waals surface area contributed by atoms with E-state index in [4.69, 9.17) is 9.26 Å². The Morgan fingerprint density at radius 1 is 1.35 bits per heavy atom. The fourth-order valence-electron chi connectivity index (χ4n) is 3.14. The number of aliphatic imine (C=N–C) groups is 1. The van der Waals surface area contributed by atoms with Gasteiger partial charge in [0.25, 0.3) is 0 Å². The quantitative estimate of drug-likeness (QED) is 0.432. The average molecular weight is 323 g/mol. The van der Waals surface area contributed by atoms with Crippen LogP contribution in [0.1, 0.15) is 50.7 Å². The van der Waals surface area contributed by atoms with Gasteiger partial charge < -0.3 is 19.9 Å². The molecule has 0 spiro atoms. The van der Waals surface area contributed by atoms with Crippen LogP contribution in [0.3, 0.4) is 0 Å². The van der Waals surface area contributed by atoms with Crippen LogP contribution in [0.15, 0.2) is 9.52 Å². The molecule has 1 aromatic rings. The fraction of sp³-hybridized carbons (Fsp3) is 0.812. The molecule has 7 nitrogen and oxygen atoms in total. The molecule has 0 radical (unpaired) electrons. The third-order valence-electron chi connectivity index (χ3n) is 4.48. The molecule has 2 rings (SSSR count). The van der Waals surface area contributed by atoms with E-state index in [1.54, 1.807) is 7.05 Å². The van der Waals surface area contributed by atoms with Gasteiger partial charge in [0, 0.05) is 26.8 Å². The Morgan fingerprint density at radius 3 is 2.74 bits per heavy atom. The van der Waals surface area contributed by atoms with Gasteiger partial charge in [-0.2, -0.15) is 4.98 Å². The summed E-state index contributed by atoms with van der Waals surface area (Å²) < 4.78 is 10.7. The van der Waals surface area contributed by atoms with E-state index < -0.39 is 0 Å². The van der Waals surface area contributed by atoms with Crippen LogP contribution in [0.4, 0.5) is 0 Å². The van der Waals surface area contributed by atoms with E-state index in [2.05, 4.69) is 25.8 Å². The molecule has 23 heavy (non-hydrogen) atoms. The van der Waals surface area contributed by atoms with Gasteiger partial charge in [-0.05, 0) is 38.5 Å². The van der Waals surface area contributed by atoms with Gasteiger partial charge in [-0.1, -0.05) is 18.0 Å². The number of ether oxygens (including phenoxy) is 1. The maximum atomic E-state index is 5.56. The molecule has 1 saturated carbocycles. The molecule has 0 aromatic carbocycles. The summed E-state index contributed by atoms with van der Waals surface area (Å²) in [6, 6.07) is 0. The Balaban J connectivity index is 1.80. The third-order valence-corrected chi connectivity index (χ3v) is 4.48. The van der Waals surface area contributed by atoms with Crippen LogP contribution in [-0.4, -0.2) is 42.9 Å². The van der Waals surface area contributed by atoms with Crippen molar-refractivity contribution in [3.05, 3.63) is 11.7 Å². The number of hydrogen-bond acceptors (Lipinski definition) is 5. The molecule has 2 N–H and O–H groups in total. The fourth-order valence-corrected chi connectivity index (χ4v) is 3.14. The number of nitrogens with one attached hydrogen (secondary N) is 2. The summed E-state index contributed by atoms with van der Waals surface area (Å²) in [6.07, 6.45) is 6.23. The predicted octanol–water partition coefficient (Wildman–Crippen LogP) is 2.03. The average Bonchev–Trinajstić information content (AvgIpc) is 3.18. The number of aromatic nitrogens is 2. The van der Waals surface area contributed by atoms with Gasteiger partial charge >= 0.3 is 0 Å². The number of aryl methyl sites for hydroxylation is 1. The van der Waals surface area contributed by atoms with E-state index >= 15 is 0 Å². The van der Waals surface area contributed by atoms with Crippen LogP contribution in [0, 0.1) is 12.3 Å². The summed E-state index contributed by atoms with van der Waals surface area (Å²) >= 11 is 0. The van der Waals surface area contributed by atoms with E-state index in [-0.39, 0.29) is 0 Å². The number of hydrogen-bond donors (Lipinski definition) is 2. The first-order chi connectivity index (χ1) is 11.2. The van der Waals surface area contributed by atoms with Crippen molar-refractivity contribution in [2.75, 3.05) is 26.8 Å². The van der Waals surface area contributed by atoms with Crippen molar-refractivity contribution >= 4 is 5.96 Å². The molecule has 130 valence electrons. The minimum atomic E-state index is 0.327. The molecule has 0 amide bonds. The SMILES string of the molecule is CCOCCC1(CNC(=NC)NCc2nc(C)no2)CCCC1. The monoisotopic (exact) mass is 323 g/mol. The highest BCUT2D eigenvalue weighted by atomic mass is 16.5. The van der Waals surface area contributed by atoms with Gasteiger partial charge in [0.05, 0.1) is 6.54 Å². The minimum Gasteiger partial charge on any atom is -0.382 e. The molecule has 1 aliphatic rings. The Morgan fingerprint density at radius 2 is 2.13 bits per heavy atom. The summed E-state index contributed by atoms with van der Waals surface area (Å²) in [5.41, 5.74) is 0.327. The van der Waals surface area contributed by atoms with Crippen molar-refractivity contribution in [1.82, 2.24) is 20.8 Å². The van der Waals surface area contributed by atoms with Gasteiger partial charge in [0.1, 0.15) is 0 Å². The molecule has 0 bridgehead atoms. The molecule has 1 heterocycles. The lowest BCUT2D eigenvalue weighted by Crippen LogP contribution is -2.43. The molecule has 1 aliphatic carbocycles. The molecular weight excluding hydrogens is 294 g/mol. The van der Waals surface area contributed by atoms with Crippen molar-refractivity contribution in [1.29, 1.82) is 0 Å². The first-order valence-corrected chi connectivity index (χ1v) is 8.49. The van der Waals surface area contributed by atoms with E-state index in [1.165, 1.54) is 25.7 Å². The van der Waals surface area contributed by atoms with Crippen molar-refractivity contribution < 1.29 is 9.26 Å². The second-order valence-corrected chi connectivity index (χ2v) is 6.17. The summed E-state index contributed by atoms with van der Waals surface area (Å²) in [5, 5.41) is 10.5. The van der Waals surface area contributed by atoms with Gasteiger partial charge in [-0.3, -0.25) is 4.99 Å². The zero-order chi connectivity index (χ0) is 16.5. The summed E-state index contributed by atoms with van der Waals surface area (Å²) in [7, 11) is 1.77. The Labute approximate surface area is 138 Å². The van der Waals surface area contributed by atoms with Crippen LogP contribution in [-0.2, 0) is 11.3 Å². The third kappa shape index (κ3) is 5.49. The van der Waals surface area contributed by atoms with Crippen molar-refractivity contribution in [3.8, 4) is 0 Å². The van der Waals surface area contributed by atoms with E-state index in [9.17, 15) is 0 Å². The second-order valence-electron chi connectivity index (χ2n) is 6.17. The maximum Gasteiger partial charge on any atom is 0.246 e. The van der Waals surface area contributed by atoms with Crippen LogP contribution in [0.5, 0.6) is 0 Å². The molecule has 0 saturated heterocycles. The van der Waals surface area contributed by atoms with Crippen LogP contribution >= 0.6 is 0 Å². The second kappa shape index (κ2) is 8.86. The van der Waals surface area contributed by atoms with Crippen molar-refractivity contribution in [2.45, 2.75) is 52.5 Å². The summed E-state index contributed by atoms with van der Waals surface area (Å²) in [5.74, 6) is 1.98. The van der Waals surface area contributed by atoms with Crippen molar-refractivity contribution in [3.63, 3.8) is 0 Å². The Kier molecular flexibility index (Phi) is 6.83. The minimum absolute atomic E-state index is 0.327. The highest BCUT2D eigenvalue weighted by molar-refractivity contribution is 5.79. The molecule has 1 fully saturated rings. The van der Waals surface area contributed by atoms with E-state index in [0.29, 0.717) is 23.7 Å². The summed E-state index contributed by atoms with van der Waals surface area (Å²) in [6.45, 7) is 6.88. The van der Waals surface area contributed by atoms with Gasteiger partial charge in [0.15, 0.2) is 11.8 Å². The number of guanidine groups is 1. The molecule has 0 unspecified atom stereocenters. The zero-order valence-electron chi connectivity index (χ0n) is 14.5. The van der Waals surface area contributed by atoms with Crippen LogP contribution < -0.4 is 10.6 Å². The lowest BCUT2D eigenvalue weighted by molar-refractivity contribution is 0.105. The first kappa shape index (κ1) is 17.7. The smallest absolute Gasteiger partial charge is 0.246 e. The number of rotatable bonds is 8. The standard InChI is InChI=1S/C16H29N5O2/c1-4-22-10-9-16(7-5-6-8-16)12-19-15(17-3)18-11-14-20-13(2)21-23-14/h4-12H2,1-3H3,(H2,17,18,19). The Hall–Kier alpha value is -1.63. The lowest BCUT2D eigenvalue weighted by atomic mass is 9.83. The van der Waals surface area contributed by atoms with E-state index in [0.717, 1.165) is 32.1 Å². The van der Waals surface area contributed by atoms with E-state index in [1.807, 2.05) is 13.8 Å². The molecule has 1 aromatic heterocycles. The van der Waals surface area contributed by atoms with Crippen molar-refractivity contribution in [2.24, 2.45) is 10.4 Å². The Bertz CT molecular complexity index is 494. The van der Waals surface area contributed by atoms with Gasteiger partial charge in [0.2, 0.25) is 5.89 Å². The van der Waals surface area contributed by atoms with Gasteiger partial charge in [-0.15, -0.1) is 0 Å². The van der Waals surface area contributed by atoms with Crippen LogP contribution in [0.2, 0.25) is 0 Å². The lowest BCUT2D eigenvalue weighted by Gasteiger charge is -2.30. The largest absolute Gasteiger partial charge is 0.382 e. The highest BCUT2D eigenvalue weighted by Gasteiger charge is 2.33. The maximum absolute atomic E-state index is 5.56. The molecular formula is C16H29N5O2.